The Morgan fingerprint density at radius 1 is 1.12 bits per heavy atom. The van der Waals surface area contributed by atoms with E-state index in [1.807, 2.05) is 6.92 Å². The normalized spacial score (nSPS) is 18.9. The molecule has 2 atom stereocenters. The Balaban J connectivity index is 2.07. The number of benzene rings is 2. The molecule has 26 heavy (non-hydrogen) atoms. The highest BCUT2D eigenvalue weighted by atomic mass is 16.5. The fraction of sp³-hybridized carbons (Fsp3) is 0.263. The lowest BCUT2D eigenvalue weighted by atomic mass is 9.85. The number of carbonyl (C=O) groups excluding carboxylic acids is 2. The molecule has 1 heterocycles. The van der Waals surface area contributed by atoms with E-state index in [-0.39, 0.29) is 17.6 Å². The first-order valence-corrected chi connectivity index (χ1v) is 8.10. The van der Waals surface area contributed by atoms with Crippen LogP contribution in [0.4, 0.5) is 5.69 Å². The number of amides is 1. The van der Waals surface area contributed by atoms with E-state index < -0.39 is 29.1 Å². The number of aromatic hydroxyl groups is 3. The monoisotopic (exact) mass is 357 g/mol. The number of para-hydroxylation sites is 1. The molecular weight excluding hydrogens is 338 g/mol. The van der Waals surface area contributed by atoms with Crippen LogP contribution in [-0.4, -0.2) is 40.3 Å². The first-order chi connectivity index (χ1) is 12.3. The number of ether oxygens (including phenoxy) is 1. The van der Waals surface area contributed by atoms with Crippen molar-refractivity contribution in [1.82, 2.24) is 0 Å². The molecule has 0 fully saturated rings. The van der Waals surface area contributed by atoms with E-state index in [1.54, 1.807) is 24.3 Å². The van der Waals surface area contributed by atoms with Gasteiger partial charge in [-0.1, -0.05) is 18.2 Å². The molecule has 136 valence electrons. The Morgan fingerprint density at radius 2 is 1.73 bits per heavy atom. The van der Waals surface area contributed by atoms with Gasteiger partial charge in [-0.3, -0.25) is 9.59 Å². The van der Waals surface area contributed by atoms with Gasteiger partial charge in [0.25, 0.3) is 5.91 Å². The topological polar surface area (TPSA) is 107 Å². The molecule has 3 rings (SSSR count). The maximum Gasteiger partial charge on any atom is 0.313 e. The second-order valence-electron chi connectivity index (χ2n) is 6.26. The smallest absolute Gasteiger partial charge is 0.313 e. The highest BCUT2D eigenvalue weighted by Gasteiger charge is 2.38. The highest BCUT2D eigenvalue weighted by Crippen LogP contribution is 2.41. The fourth-order valence-corrected chi connectivity index (χ4v) is 3.35. The summed E-state index contributed by atoms with van der Waals surface area (Å²) in [5.41, 5.74) is 1.27. The van der Waals surface area contributed by atoms with Gasteiger partial charge in [-0.15, -0.1) is 0 Å². The van der Waals surface area contributed by atoms with Crippen molar-refractivity contribution >= 4 is 17.6 Å². The first kappa shape index (κ1) is 17.6. The molecule has 2 unspecified atom stereocenters. The van der Waals surface area contributed by atoms with E-state index in [0.29, 0.717) is 17.7 Å². The highest BCUT2D eigenvalue weighted by molar-refractivity contribution is 6.08. The minimum Gasteiger partial charge on any atom is -0.504 e. The number of esters is 1. The fourth-order valence-electron chi connectivity index (χ4n) is 3.35. The van der Waals surface area contributed by atoms with Gasteiger partial charge < -0.3 is 25.0 Å². The number of nitrogens with zero attached hydrogens (tertiary/aromatic N) is 1. The molecule has 2 aromatic rings. The Hall–Kier alpha value is -3.22. The number of hydrogen-bond acceptors (Lipinski definition) is 6. The molecule has 0 radical (unpaired) electrons. The van der Waals surface area contributed by atoms with Crippen LogP contribution in [-0.2, 0) is 9.53 Å². The lowest BCUT2D eigenvalue weighted by Crippen LogP contribution is -2.44. The third-order valence-corrected chi connectivity index (χ3v) is 4.61. The lowest BCUT2D eigenvalue weighted by molar-refractivity contribution is -0.142. The average Bonchev–Trinajstić information content (AvgIpc) is 2.63. The van der Waals surface area contributed by atoms with Gasteiger partial charge in [0.2, 0.25) is 0 Å². The van der Waals surface area contributed by atoms with Crippen LogP contribution in [0.3, 0.4) is 0 Å². The molecule has 0 aromatic heterocycles. The van der Waals surface area contributed by atoms with Crippen LogP contribution in [0.25, 0.3) is 0 Å². The predicted octanol–water partition coefficient (Wildman–Crippen LogP) is 2.50. The minimum atomic E-state index is -0.681. The first-order valence-electron chi connectivity index (χ1n) is 8.10. The summed E-state index contributed by atoms with van der Waals surface area (Å²) in [6.45, 7) is 1.81. The Morgan fingerprint density at radius 3 is 2.35 bits per heavy atom. The van der Waals surface area contributed by atoms with E-state index >= 15 is 0 Å². The molecule has 1 amide bonds. The van der Waals surface area contributed by atoms with Gasteiger partial charge in [-0.2, -0.15) is 0 Å². The van der Waals surface area contributed by atoms with Gasteiger partial charge in [0.05, 0.1) is 13.0 Å². The zero-order valence-electron chi connectivity index (χ0n) is 14.3. The Bertz CT molecular complexity index is 855. The zero-order valence-corrected chi connectivity index (χ0v) is 14.3. The van der Waals surface area contributed by atoms with Gasteiger partial charge in [-0.05, 0) is 37.1 Å². The standard InChI is InChI=1S/C19H19NO6/c1-10-7-13(19(25)26-2)12-5-3-4-6-14(12)20(10)18(24)11-8-15(21)17(23)16(22)9-11/h3-6,8-10,13,21-23H,7H2,1-2H3. The molecule has 0 aliphatic carbocycles. The number of phenols is 3. The van der Waals surface area contributed by atoms with Crippen molar-refractivity contribution in [2.45, 2.75) is 25.3 Å². The summed E-state index contributed by atoms with van der Waals surface area (Å²) in [7, 11) is 1.33. The molecule has 0 saturated carbocycles. The van der Waals surface area contributed by atoms with E-state index in [9.17, 15) is 24.9 Å². The van der Waals surface area contributed by atoms with E-state index in [4.69, 9.17) is 4.74 Å². The maximum absolute atomic E-state index is 13.0. The van der Waals surface area contributed by atoms with E-state index in [1.165, 1.54) is 12.0 Å². The van der Waals surface area contributed by atoms with Crippen molar-refractivity contribution in [3.05, 3.63) is 47.5 Å². The summed E-state index contributed by atoms with van der Waals surface area (Å²) >= 11 is 0. The van der Waals surface area contributed by atoms with Crippen LogP contribution >= 0.6 is 0 Å². The van der Waals surface area contributed by atoms with Crippen molar-refractivity contribution in [3.63, 3.8) is 0 Å². The van der Waals surface area contributed by atoms with Gasteiger partial charge in [-0.25, -0.2) is 0 Å². The number of hydrogen-bond donors (Lipinski definition) is 3. The zero-order chi connectivity index (χ0) is 19.0. The average molecular weight is 357 g/mol. The molecule has 1 aliphatic rings. The second kappa shape index (κ2) is 6.59. The number of carbonyl (C=O) groups is 2. The molecule has 7 heteroatoms. The van der Waals surface area contributed by atoms with E-state index in [2.05, 4.69) is 0 Å². The largest absolute Gasteiger partial charge is 0.504 e. The van der Waals surface area contributed by atoms with Crippen LogP contribution in [0.1, 0.15) is 35.2 Å². The third kappa shape index (κ3) is 2.81. The van der Waals surface area contributed by atoms with Crippen LogP contribution in [0, 0.1) is 0 Å². The van der Waals surface area contributed by atoms with Crippen molar-refractivity contribution < 1.29 is 29.6 Å². The number of fused-ring (bicyclic) bond motifs is 1. The Labute approximate surface area is 150 Å². The van der Waals surface area contributed by atoms with Crippen LogP contribution in [0.15, 0.2) is 36.4 Å². The van der Waals surface area contributed by atoms with E-state index in [0.717, 1.165) is 12.1 Å². The van der Waals surface area contributed by atoms with Gasteiger partial charge in [0.15, 0.2) is 17.2 Å². The Kier molecular flexibility index (Phi) is 4.46. The summed E-state index contributed by atoms with van der Waals surface area (Å²) in [6.07, 6.45) is 0.380. The summed E-state index contributed by atoms with van der Waals surface area (Å²) in [4.78, 5) is 26.7. The minimum absolute atomic E-state index is 0.0240. The van der Waals surface area contributed by atoms with Crippen LogP contribution in [0.2, 0.25) is 0 Å². The van der Waals surface area contributed by atoms with Gasteiger partial charge in [0.1, 0.15) is 0 Å². The molecule has 1 aliphatic heterocycles. The lowest BCUT2D eigenvalue weighted by Gasteiger charge is -2.38. The molecule has 0 saturated heterocycles. The molecule has 3 N–H and O–H groups in total. The number of anilines is 1. The molecule has 2 aromatic carbocycles. The SMILES string of the molecule is COC(=O)C1CC(C)N(C(=O)c2cc(O)c(O)c(O)c2)c2ccccc21. The summed E-state index contributed by atoms with van der Waals surface area (Å²) in [6, 6.07) is 8.93. The van der Waals surface area contributed by atoms with Gasteiger partial charge in [0, 0.05) is 17.3 Å². The predicted molar refractivity (Wildman–Crippen MR) is 93.5 cm³/mol. The maximum atomic E-state index is 13.0. The summed E-state index contributed by atoms with van der Waals surface area (Å²) < 4.78 is 4.88. The number of rotatable bonds is 2. The molecular formula is C19H19NO6. The third-order valence-electron chi connectivity index (χ3n) is 4.61. The summed E-state index contributed by atoms with van der Waals surface area (Å²) in [5.74, 6) is -3.15. The second-order valence-corrected chi connectivity index (χ2v) is 6.26. The molecule has 0 spiro atoms. The van der Waals surface area contributed by atoms with Crippen LogP contribution < -0.4 is 4.90 Å². The molecule has 7 nitrogen and oxygen atoms in total. The van der Waals surface area contributed by atoms with Crippen molar-refractivity contribution in [3.8, 4) is 17.2 Å². The van der Waals surface area contributed by atoms with Gasteiger partial charge >= 0.3 is 5.97 Å². The van der Waals surface area contributed by atoms with Crippen molar-refractivity contribution in [2.24, 2.45) is 0 Å². The summed E-state index contributed by atoms with van der Waals surface area (Å²) in [5, 5.41) is 28.9. The number of methoxy groups -OCH3 is 1. The number of phenolic OH excluding ortho intramolecular Hbond substituents is 3. The van der Waals surface area contributed by atoms with Crippen molar-refractivity contribution in [2.75, 3.05) is 12.0 Å². The van der Waals surface area contributed by atoms with Crippen LogP contribution in [0.5, 0.6) is 17.2 Å². The quantitative estimate of drug-likeness (QED) is 0.563. The van der Waals surface area contributed by atoms with Crippen molar-refractivity contribution in [1.29, 1.82) is 0 Å². The molecule has 0 bridgehead atoms.